The van der Waals surface area contributed by atoms with Crippen LogP contribution in [-0.4, -0.2) is 36.8 Å². The van der Waals surface area contributed by atoms with Crippen molar-refractivity contribution >= 4 is 52.3 Å². The van der Waals surface area contributed by atoms with Crippen molar-refractivity contribution in [3.8, 4) is 5.75 Å². The molecule has 2 aliphatic rings. The molecule has 0 aromatic heterocycles. The van der Waals surface area contributed by atoms with Crippen LogP contribution in [0.4, 0.5) is 11.4 Å². The summed E-state index contributed by atoms with van der Waals surface area (Å²) in [6, 6.07) is 11.8. The summed E-state index contributed by atoms with van der Waals surface area (Å²) in [6.45, 7) is 2.42. The highest BCUT2D eigenvalue weighted by Crippen LogP contribution is 2.30. The molecule has 4 rings (SSSR count). The number of benzene rings is 2. The first kappa shape index (κ1) is 23.2. The predicted octanol–water partition coefficient (Wildman–Crippen LogP) is 2.52. The van der Waals surface area contributed by atoms with Crippen molar-refractivity contribution < 1.29 is 19.1 Å². The molecule has 0 radical (unpaired) electrons. The molecule has 2 aromatic rings. The van der Waals surface area contributed by atoms with E-state index in [0.29, 0.717) is 33.8 Å². The van der Waals surface area contributed by atoms with Gasteiger partial charge in [0, 0.05) is 17.1 Å². The Bertz CT molecular complexity index is 1070. The minimum absolute atomic E-state index is 0.0970. The highest BCUT2D eigenvalue weighted by molar-refractivity contribution is 6.36. The summed E-state index contributed by atoms with van der Waals surface area (Å²) in [6.07, 6.45) is -1.55. The van der Waals surface area contributed by atoms with E-state index in [1.165, 1.54) is 0 Å². The normalized spacial score (nSPS) is 24.2. The van der Waals surface area contributed by atoms with Gasteiger partial charge in [-0.15, -0.1) is 0 Å². The second-order valence-electron chi connectivity index (χ2n) is 7.70. The van der Waals surface area contributed by atoms with Crippen molar-refractivity contribution in [1.29, 1.82) is 0 Å². The minimum atomic E-state index is -0.845. The number of hydrogen-bond donors (Lipinski definition) is 5. The summed E-state index contributed by atoms with van der Waals surface area (Å²) in [5.41, 5.74) is 1.09. The summed E-state index contributed by atoms with van der Waals surface area (Å²) in [7, 11) is 0. The van der Waals surface area contributed by atoms with Crippen LogP contribution in [0, 0.1) is 11.8 Å². The molecular weight excluding hydrogens is 469 g/mol. The summed E-state index contributed by atoms with van der Waals surface area (Å²) in [5.74, 6) is -2.05. The maximum Gasteiger partial charge on any atom is 0.229 e. The van der Waals surface area contributed by atoms with Gasteiger partial charge in [-0.2, -0.15) is 0 Å². The lowest BCUT2D eigenvalue weighted by Crippen LogP contribution is -2.72. The maximum atomic E-state index is 13.0. The van der Waals surface area contributed by atoms with Crippen LogP contribution >= 0.6 is 23.2 Å². The third kappa shape index (κ3) is 5.32. The molecule has 4 unspecified atom stereocenters. The largest absolute Gasteiger partial charge is 0.494 e. The van der Waals surface area contributed by atoms with E-state index >= 15 is 0 Å². The molecule has 2 heterocycles. The van der Waals surface area contributed by atoms with Gasteiger partial charge in [0.15, 0.2) is 6.29 Å². The fraction of sp³-hybridized carbons (Fsp3) is 0.318. The Hall–Kier alpha value is -3.01. The van der Waals surface area contributed by atoms with E-state index < -0.39 is 30.2 Å². The third-order valence-electron chi connectivity index (χ3n) is 5.45. The Balaban J connectivity index is 1.45. The van der Waals surface area contributed by atoms with Gasteiger partial charge in [-0.1, -0.05) is 23.2 Å². The summed E-state index contributed by atoms with van der Waals surface area (Å²) >= 11 is 12.1. The second-order valence-corrected chi connectivity index (χ2v) is 8.55. The Morgan fingerprint density at radius 3 is 2.58 bits per heavy atom. The van der Waals surface area contributed by atoms with Crippen LogP contribution in [0.15, 0.2) is 42.5 Å². The topological polar surface area (TPSA) is 121 Å². The average Bonchev–Trinajstić information content (AvgIpc) is 2.76. The van der Waals surface area contributed by atoms with E-state index in [2.05, 4.69) is 26.6 Å². The predicted molar refractivity (Wildman–Crippen MR) is 125 cm³/mol. The maximum absolute atomic E-state index is 13.0. The Morgan fingerprint density at radius 1 is 1.12 bits per heavy atom. The van der Waals surface area contributed by atoms with E-state index in [1.807, 2.05) is 6.92 Å². The SMILES string of the molecule is CCOc1ccc(NC(=O)C2CC(=O)NC3NC(Nc4ccc(Cl)cc4Cl)NC(=O)C32)cc1. The van der Waals surface area contributed by atoms with Gasteiger partial charge < -0.3 is 26.0 Å². The first-order valence-electron chi connectivity index (χ1n) is 10.4. The number of rotatable bonds is 6. The van der Waals surface area contributed by atoms with E-state index in [-0.39, 0.29) is 18.2 Å². The molecule has 0 saturated carbocycles. The molecular formula is C22H23Cl2N5O4. The number of piperidine rings is 1. The monoisotopic (exact) mass is 491 g/mol. The molecule has 3 amide bonds. The first-order valence-corrected chi connectivity index (χ1v) is 11.2. The van der Waals surface area contributed by atoms with Gasteiger partial charge >= 0.3 is 0 Å². The number of amides is 3. The molecule has 11 heteroatoms. The molecule has 0 spiro atoms. The van der Waals surface area contributed by atoms with Gasteiger partial charge in [0.25, 0.3) is 0 Å². The van der Waals surface area contributed by atoms with Gasteiger partial charge in [0.2, 0.25) is 17.7 Å². The number of carbonyl (C=O) groups is 3. The number of ether oxygens (including phenoxy) is 1. The lowest BCUT2D eigenvalue weighted by molar-refractivity contribution is -0.144. The van der Waals surface area contributed by atoms with Crippen LogP contribution in [0.5, 0.6) is 5.75 Å². The average molecular weight is 492 g/mol. The molecule has 2 aromatic carbocycles. The number of nitrogens with one attached hydrogen (secondary N) is 5. The lowest BCUT2D eigenvalue weighted by Gasteiger charge is -2.43. The van der Waals surface area contributed by atoms with Gasteiger partial charge in [-0.3, -0.25) is 19.7 Å². The Kier molecular flexibility index (Phi) is 6.92. The van der Waals surface area contributed by atoms with Crippen molar-refractivity contribution in [2.45, 2.75) is 25.8 Å². The molecule has 33 heavy (non-hydrogen) atoms. The fourth-order valence-electron chi connectivity index (χ4n) is 3.95. The highest BCUT2D eigenvalue weighted by Gasteiger charge is 2.48. The van der Waals surface area contributed by atoms with Crippen LogP contribution in [0.25, 0.3) is 0 Å². The lowest BCUT2D eigenvalue weighted by atomic mass is 9.81. The van der Waals surface area contributed by atoms with Gasteiger partial charge in [-0.05, 0) is 49.4 Å². The molecule has 2 fully saturated rings. The number of hydrogen-bond acceptors (Lipinski definition) is 6. The van der Waals surface area contributed by atoms with Gasteiger partial charge in [0.1, 0.15) is 5.75 Å². The molecule has 9 nitrogen and oxygen atoms in total. The quantitative estimate of drug-likeness (QED) is 0.423. The molecule has 0 aliphatic carbocycles. The summed E-state index contributed by atoms with van der Waals surface area (Å²) in [4.78, 5) is 38.3. The minimum Gasteiger partial charge on any atom is -0.494 e. The van der Waals surface area contributed by atoms with Crippen LogP contribution in [0.3, 0.4) is 0 Å². The van der Waals surface area contributed by atoms with Crippen LogP contribution in [0.1, 0.15) is 13.3 Å². The van der Waals surface area contributed by atoms with Crippen molar-refractivity contribution in [2.75, 3.05) is 17.2 Å². The zero-order valence-electron chi connectivity index (χ0n) is 17.7. The zero-order chi connectivity index (χ0) is 23.5. The third-order valence-corrected chi connectivity index (χ3v) is 6.00. The van der Waals surface area contributed by atoms with E-state index in [0.717, 1.165) is 0 Å². The van der Waals surface area contributed by atoms with Gasteiger partial charge in [-0.25, -0.2) is 0 Å². The smallest absolute Gasteiger partial charge is 0.229 e. The second kappa shape index (κ2) is 9.86. The zero-order valence-corrected chi connectivity index (χ0v) is 19.2. The summed E-state index contributed by atoms with van der Waals surface area (Å²) < 4.78 is 5.40. The van der Waals surface area contributed by atoms with Crippen molar-refractivity contribution in [3.05, 3.63) is 52.5 Å². The van der Waals surface area contributed by atoms with E-state index in [4.69, 9.17) is 27.9 Å². The highest BCUT2D eigenvalue weighted by atomic mass is 35.5. The molecule has 174 valence electrons. The first-order chi connectivity index (χ1) is 15.8. The number of halogens is 2. The fourth-order valence-corrected chi connectivity index (χ4v) is 4.42. The summed E-state index contributed by atoms with van der Waals surface area (Å²) in [5, 5.41) is 15.4. The van der Waals surface area contributed by atoms with Crippen LogP contribution in [0.2, 0.25) is 10.0 Å². The number of anilines is 2. The van der Waals surface area contributed by atoms with Crippen molar-refractivity contribution in [1.82, 2.24) is 16.0 Å². The van der Waals surface area contributed by atoms with Gasteiger partial charge in [0.05, 0.1) is 35.3 Å². The van der Waals surface area contributed by atoms with Crippen molar-refractivity contribution in [2.24, 2.45) is 11.8 Å². The number of carbonyl (C=O) groups excluding carboxylic acids is 3. The molecule has 2 saturated heterocycles. The Labute approximate surface area is 200 Å². The van der Waals surface area contributed by atoms with Crippen LogP contribution < -0.4 is 31.3 Å². The standard InChI is InChI=1S/C22H23Cl2N5O4/c1-2-33-13-6-4-12(5-7-13)25-20(31)14-10-17(30)27-19-18(14)21(32)29-22(28-19)26-16-8-3-11(23)9-15(16)24/h3-9,14,18-19,22,26,28H,2,10H2,1H3,(H,25,31)(H,27,30)(H,29,32). The molecule has 2 aliphatic heterocycles. The molecule has 4 atom stereocenters. The molecule has 0 bridgehead atoms. The molecule has 5 N–H and O–H groups in total. The Morgan fingerprint density at radius 2 is 1.88 bits per heavy atom. The number of fused-ring (bicyclic) bond motifs is 1. The van der Waals surface area contributed by atoms with Crippen molar-refractivity contribution in [3.63, 3.8) is 0 Å². The van der Waals surface area contributed by atoms with Crippen LogP contribution in [-0.2, 0) is 14.4 Å². The van der Waals surface area contributed by atoms with E-state index in [9.17, 15) is 14.4 Å². The van der Waals surface area contributed by atoms with E-state index in [1.54, 1.807) is 42.5 Å².